The van der Waals surface area contributed by atoms with Crippen LogP contribution in [0.25, 0.3) is 0 Å². The second-order valence-corrected chi connectivity index (χ2v) is 6.51. The van der Waals surface area contributed by atoms with Crippen molar-refractivity contribution in [2.45, 2.75) is 30.4 Å². The minimum absolute atomic E-state index is 0.320. The highest BCUT2D eigenvalue weighted by molar-refractivity contribution is 7.99. The van der Waals surface area contributed by atoms with E-state index >= 15 is 0 Å². The molecule has 1 rings (SSSR count). The van der Waals surface area contributed by atoms with E-state index in [2.05, 4.69) is 0 Å². The Balaban J connectivity index is 2.75. The van der Waals surface area contributed by atoms with Gasteiger partial charge in [-0.25, -0.2) is 4.39 Å². The van der Waals surface area contributed by atoms with E-state index < -0.39 is 16.8 Å². The average molecular weight is 292 g/mol. The highest BCUT2D eigenvalue weighted by Crippen LogP contribution is 2.32. The maximum absolute atomic E-state index is 13.5. The standard InChI is InChI=1S/C12H15ClFNO2S/c1-12(2,10(15)11(16)17)18-6-7-5-8(13)3-4-9(7)14/h3-5,10H,6,15H2,1-2H3,(H,16,17)/t10-/m1/s1. The molecule has 0 radical (unpaired) electrons. The Kier molecular flexibility index (Phi) is 5.01. The summed E-state index contributed by atoms with van der Waals surface area (Å²) < 4.78 is 12.8. The molecule has 0 bridgehead atoms. The molecule has 0 saturated heterocycles. The van der Waals surface area contributed by atoms with Crippen LogP contribution in [0.5, 0.6) is 0 Å². The lowest BCUT2D eigenvalue weighted by molar-refractivity contribution is -0.139. The average Bonchev–Trinajstić information content (AvgIpc) is 2.29. The van der Waals surface area contributed by atoms with Crippen LogP contribution in [-0.2, 0) is 10.5 Å². The quantitative estimate of drug-likeness (QED) is 0.875. The zero-order valence-electron chi connectivity index (χ0n) is 10.1. The largest absolute Gasteiger partial charge is 0.480 e. The number of hydrogen-bond acceptors (Lipinski definition) is 3. The molecule has 0 unspecified atom stereocenters. The zero-order chi connectivity index (χ0) is 13.9. The van der Waals surface area contributed by atoms with Crippen LogP contribution >= 0.6 is 23.4 Å². The highest BCUT2D eigenvalue weighted by atomic mass is 35.5. The Labute approximate surface area is 115 Å². The number of rotatable bonds is 5. The van der Waals surface area contributed by atoms with Crippen LogP contribution in [0.2, 0.25) is 5.02 Å². The first-order valence-electron chi connectivity index (χ1n) is 5.30. The van der Waals surface area contributed by atoms with Crippen LogP contribution in [0.1, 0.15) is 19.4 Å². The van der Waals surface area contributed by atoms with E-state index in [1.54, 1.807) is 13.8 Å². The maximum Gasteiger partial charge on any atom is 0.321 e. The van der Waals surface area contributed by atoms with Crippen molar-refractivity contribution < 1.29 is 14.3 Å². The van der Waals surface area contributed by atoms with Crippen molar-refractivity contribution in [1.82, 2.24) is 0 Å². The normalized spacial score (nSPS) is 13.4. The minimum atomic E-state index is -1.07. The summed E-state index contributed by atoms with van der Waals surface area (Å²) in [6.45, 7) is 3.44. The first-order valence-corrected chi connectivity index (χ1v) is 6.66. The van der Waals surface area contributed by atoms with E-state index in [1.807, 2.05) is 0 Å². The van der Waals surface area contributed by atoms with Crippen molar-refractivity contribution in [3.8, 4) is 0 Å². The summed E-state index contributed by atoms with van der Waals surface area (Å²) in [6.07, 6.45) is 0. The molecule has 1 aromatic carbocycles. The number of carboxylic acid groups (broad SMARTS) is 1. The van der Waals surface area contributed by atoms with Gasteiger partial charge in [0.2, 0.25) is 0 Å². The van der Waals surface area contributed by atoms with E-state index in [-0.39, 0.29) is 5.82 Å². The van der Waals surface area contributed by atoms with Crippen molar-refractivity contribution in [2.75, 3.05) is 0 Å². The second kappa shape index (κ2) is 5.91. The number of benzene rings is 1. The predicted molar refractivity (Wildman–Crippen MR) is 72.4 cm³/mol. The third-order valence-electron chi connectivity index (χ3n) is 2.62. The molecule has 1 atom stereocenters. The third-order valence-corrected chi connectivity index (χ3v) is 4.31. The molecule has 0 aliphatic rings. The number of halogens is 2. The molecule has 100 valence electrons. The molecular formula is C12H15ClFNO2S. The Morgan fingerprint density at radius 2 is 2.22 bits per heavy atom. The van der Waals surface area contributed by atoms with Crippen molar-refractivity contribution in [3.05, 3.63) is 34.6 Å². The van der Waals surface area contributed by atoms with Crippen LogP contribution in [0.4, 0.5) is 4.39 Å². The van der Waals surface area contributed by atoms with Crippen molar-refractivity contribution in [1.29, 1.82) is 0 Å². The van der Waals surface area contributed by atoms with E-state index in [4.69, 9.17) is 22.4 Å². The van der Waals surface area contributed by atoms with E-state index in [0.717, 1.165) is 0 Å². The molecule has 0 saturated carbocycles. The molecule has 0 spiro atoms. The number of carboxylic acids is 1. The van der Waals surface area contributed by atoms with Gasteiger partial charge in [0.15, 0.2) is 0 Å². The summed E-state index contributed by atoms with van der Waals surface area (Å²) in [5.41, 5.74) is 6.03. The topological polar surface area (TPSA) is 63.3 Å². The van der Waals surface area contributed by atoms with Crippen LogP contribution in [0.15, 0.2) is 18.2 Å². The van der Waals surface area contributed by atoms with Gasteiger partial charge in [0.1, 0.15) is 11.9 Å². The van der Waals surface area contributed by atoms with Crippen LogP contribution in [-0.4, -0.2) is 21.9 Å². The summed E-state index contributed by atoms with van der Waals surface area (Å²) in [5.74, 6) is -1.11. The Hall–Kier alpha value is -0.780. The lowest BCUT2D eigenvalue weighted by Crippen LogP contribution is -2.46. The molecule has 18 heavy (non-hydrogen) atoms. The molecule has 0 aromatic heterocycles. The fourth-order valence-electron chi connectivity index (χ4n) is 1.30. The van der Waals surface area contributed by atoms with Crippen molar-refractivity contribution in [2.24, 2.45) is 5.73 Å². The SMILES string of the molecule is CC(C)(SCc1cc(Cl)ccc1F)[C@H](N)C(=O)O. The van der Waals surface area contributed by atoms with Crippen molar-refractivity contribution >= 4 is 29.3 Å². The Morgan fingerprint density at radius 3 is 2.78 bits per heavy atom. The molecule has 1 aromatic rings. The van der Waals surface area contributed by atoms with Gasteiger partial charge in [-0.05, 0) is 37.6 Å². The van der Waals surface area contributed by atoms with Gasteiger partial charge in [-0.3, -0.25) is 4.79 Å². The Morgan fingerprint density at radius 1 is 1.61 bits per heavy atom. The predicted octanol–water partition coefficient (Wildman–Crippen LogP) is 2.90. The molecule has 0 amide bonds. The van der Waals surface area contributed by atoms with Gasteiger partial charge >= 0.3 is 5.97 Å². The smallest absolute Gasteiger partial charge is 0.321 e. The number of aliphatic carboxylic acids is 1. The lowest BCUT2D eigenvalue weighted by atomic mass is 10.1. The molecule has 6 heteroatoms. The fraction of sp³-hybridized carbons (Fsp3) is 0.417. The van der Waals surface area contributed by atoms with Gasteiger partial charge < -0.3 is 10.8 Å². The molecular weight excluding hydrogens is 277 g/mol. The number of nitrogens with two attached hydrogens (primary N) is 1. The molecule has 0 aliphatic heterocycles. The van der Waals surface area contributed by atoms with Gasteiger partial charge in [-0.2, -0.15) is 0 Å². The first kappa shape index (κ1) is 15.3. The third kappa shape index (κ3) is 3.86. The zero-order valence-corrected chi connectivity index (χ0v) is 11.7. The maximum atomic E-state index is 13.5. The fourth-order valence-corrected chi connectivity index (χ4v) is 2.53. The Bertz CT molecular complexity index is 454. The van der Waals surface area contributed by atoms with Crippen LogP contribution in [0, 0.1) is 5.82 Å². The van der Waals surface area contributed by atoms with E-state index in [0.29, 0.717) is 16.3 Å². The molecule has 3 N–H and O–H groups in total. The van der Waals surface area contributed by atoms with E-state index in [1.165, 1.54) is 30.0 Å². The van der Waals surface area contributed by atoms with Gasteiger partial charge in [0, 0.05) is 15.5 Å². The minimum Gasteiger partial charge on any atom is -0.480 e. The summed E-state index contributed by atoms with van der Waals surface area (Å²) in [5, 5.41) is 9.33. The summed E-state index contributed by atoms with van der Waals surface area (Å²) in [7, 11) is 0. The molecule has 0 heterocycles. The summed E-state index contributed by atoms with van der Waals surface area (Å²) >= 11 is 7.07. The molecule has 0 fully saturated rings. The molecule has 0 aliphatic carbocycles. The summed E-state index contributed by atoms with van der Waals surface area (Å²) in [4.78, 5) is 10.8. The monoisotopic (exact) mass is 291 g/mol. The second-order valence-electron chi connectivity index (χ2n) is 4.44. The molecule has 3 nitrogen and oxygen atoms in total. The van der Waals surface area contributed by atoms with Gasteiger partial charge in [0.05, 0.1) is 0 Å². The summed E-state index contributed by atoms with van der Waals surface area (Å²) in [6, 6.07) is 3.29. The van der Waals surface area contributed by atoms with Gasteiger partial charge in [-0.1, -0.05) is 11.6 Å². The van der Waals surface area contributed by atoms with Crippen molar-refractivity contribution in [3.63, 3.8) is 0 Å². The lowest BCUT2D eigenvalue weighted by Gasteiger charge is -2.28. The number of hydrogen-bond donors (Lipinski definition) is 2. The van der Waals surface area contributed by atoms with Gasteiger partial charge in [0.25, 0.3) is 0 Å². The van der Waals surface area contributed by atoms with Gasteiger partial charge in [-0.15, -0.1) is 11.8 Å². The first-order chi connectivity index (χ1) is 8.24. The number of carbonyl (C=O) groups is 1. The highest BCUT2D eigenvalue weighted by Gasteiger charge is 2.32. The van der Waals surface area contributed by atoms with Crippen LogP contribution < -0.4 is 5.73 Å². The van der Waals surface area contributed by atoms with Crippen LogP contribution in [0.3, 0.4) is 0 Å². The van der Waals surface area contributed by atoms with E-state index in [9.17, 15) is 9.18 Å². The number of thioether (sulfide) groups is 1.